The zero-order chi connectivity index (χ0) is 18.2. The van der Waals surface area contributed by atoms with Crippen molar-refractivity contribution < 1.29 is 4.74 Å². The molecule has 146 valence electrons. The van der Waals surface area contributed by atoms with Crippen LogP contribution in [0.5, 0.6) is 5.75 Å². The van der Waals surface area contributed by atoms with Crippen molar-refractivity contribution in [2.75, 3.05) is 6.61 Å². The fourth-order valence-corrected chi connectivity index (χ4v) is 5.59. The molecule has 0 radical (unpaired) electrons. The van der Waals surface area contributed by atoms with E-state index in [-0.39, 0.29) is 0 Å². The summed E-state index contributed by atoms with van der Waals surface area (Å²) >= 11 is 0. The van der Waals surface area contributed by atoms with Crippen LogP contribution in [0.15, 0.2) is 24.3 Å². The normalized spacial score (nSPS) is 29.5. The highest BCUT2D eigenvalue weighted by Crippen LogP contribution is 2.42. The summed E-state index contributed by atoms with van der Waals surface area (Å²) in [5.74, 6) is 5.15. The van der Waals surface area contributed by atoms with Crippen molar-refractivity contribution >= 4 is 0 Å². The van der Waals surface area contributed by atoms with Crippen molar-refractivity contribution in [2.45, 2.75) is 90.9 Å². The van der Waals surface area contributed by atoms with Gasteiger partial charge in [-0.05, 0) is 86.8 Å². The van der Waals surface area contributed by atoms with Gasteiger partial charge in [0.05, 0.1) is 6.61 Å². The molecule has 26 heavy (non-hydrogen) atoms. The minimum Gasteiger partial charge on any atom is -0.494 e. The minimum absolute atomic E-state index is 0.753. The van der Waals surface area contributed by atoms with Gasteiger partial charge in [0.2, 0.25) is 0 Å². The SMILES string of the molecule is CCCC1CCC(C2CCC(CCc3ccc(OCC)cc3)CC2)CC1. The molecule has 0 aliphatic heterocycles. The number of hydrogen-bond acceptors (Lipinski definition) is 1. The van der Waals surface area contributed by atoms with Gasteiger partial charge in [-0.15, -0.1) is 0 Å². The number of ether oxygens (including phenoxy) is 1. The Bertz CT molecular complexity index is 489. The molecular formula is C25H40O. The van der Waals surface area contributed by atoms with E-state index in [0.29, 0.717) is 0 Å². The van der Waals surface area contributed by atoms with Gasteiger partial charge in [-0.1, -0.05) is 57.6 Å². The van der Waals surface area contributed by atoms with Gasteiger partial charge in [0.25, 0.3) is 0 Å². The lowest BCUT2D eigenvalue weighted by atomic mass is 9.68. The third-order valence-corrected chi connectivity index (χ3v) is 7.22. The molecule has 0 saturated heterocycles. The summed E-state index contributed by atoms with van der Waals surface area (Å²) in [6, 6.07) is 8.77. The minimum atomic E-state index is 0.753. The van der Waals surface area contributed by atoms with Gasteiger partial charge in [-0.2, -0.15) is 0 Å². The summed E-state index contributed by atoms with van der Waals surface area (Å²) < 4.78 is 5.54. The van der Waals surface area contributed by atoms with E-state index in [1.54, 1.807) is 0 Å². The summed E-state index contributed by atoms with van der Waals surface area (Å²) in [6.07, 6.45) is 17.6. The fraction of sp³-hybridized carbons (Fsp3) is 0.760. The third-order valence-electron chi connectivity index (χ3n) is 7.22. The summed E-state index contributed by atoms with van der Waals surface area (Å²) in [7, 11) is 0. The van der Waals surface area contributed by atoms with Crippen molar-refractivity contribution in [3.63, 3.8) is 0 Å². The highest BCUT2D eigenvalue weighted by Gasteiger charge is 2.30. The second kappa shape index (κ2) is 10.4. The topological polar surface area (TPSA) is 9.23 Å². The molecule has 0 N–H and O–H groups in total. The summed E-state index contributed by atoms with van der Waals surface area (Å²) in [6.45, 7) is 5.14. The van der Waals surface area contributed by atoms with E-state index in [0.717, 1.165) is 36.0 Å². The Morgan fingerprint density at radius 1 is 0.731 bits per heavy atom. The lowest BCUT2D eigenvalue weighted by molar-refractivity contribution is 0.141. The van der Waals surface area contributed by atoms with Crippen LogP contribution in [0.4, 0.5) is 0 Å². The predicted octanol–water partition coefficient (Wildman–Crippen LogP) is 7.43. The Morgan fingerprint density at radius 2 is 1.27 bits per heavy atom. The molecule has 0 atom stereocenters. The maximum atomic E-state index is 5.54. The zero-order valence-corrected chi connectivity index (χ0v) is 17.2. The van der Waals surface area contributed by atoms with E-state index in [2.05, 4.69) is 31.2 Å². The summed E-state index contributed by atoms with van der Waals surface area (Å²) in [5.41, 5.74) is 1.48. The van der Waals surface area contributed by atoms with Crippen molar-refractivity contribution in [3.8, 4) is 5.75 Å². The van der Waals surface area contributed by atoms with E-state index in [4.69, 9.17) is 4.74 Å². The van der Waals surface area contributed by atoms with Gasteiger partial charge in [0.15, 0.2) is 0 Å². The lowest BCUT2D eigenvalue weighted by Crippen LogP contribution is -2.26. The van der Waals surface area contributed by atoms with Gasteiger partial charge >= 0.3 is 0 Å². The number of rotatable bonds is 8. The first-order chi connectivity index (χ1) is 12.8. The Hall–Kier alpha value is -0.980. The highest BCUT2D eigenvalue weighted by atomic mass is 16.5. The average molecular weight is 357 g/mol. The summed E-state index contributed by atoms with van der Waals surface area (Å²) in [5, 5.41) is 0. The van der Waals surface area contributed by atoms with E-state index >= 15 is 0 Å². The second-order valence-corrected chi connectivity index (χ2v) is 8.97. The Balaban J connectivity index is 1.35. The number of benzene rings is 1. The van der Waals surface area contributed by atoms with Crippen LogP contribution in [0.3, 0.4) is 0 Å². The van der Waals surface area contributed by atoms with E-state index < -0.39 is 0 Å². The molecule has 2 fully saturated rings. The van der Waals surface area contributed by atoms with E-state index in [1.807, 2.05) is 6.92 Å². The van der Waals surface area contributed by atoms with Crippen molar-refractivity contribution in [3.05, 3.63) is 29.8 Å². The first-order valence-corrected chi connectivity index (χ1v) is 11.5. The standard InChI is InChI=1S/C25H40O/c1-3-5-20-8-14-23(15-9-20)24-16-10-21(11-17-24)6-7-22-12-18-25(19-13-22)26-4-2/h12-13,18-21,23-24H,3-11,14-17H2,1-2H3. The quantitative estimate of drug-likeness (QED) is 0.470. The Morgan fingerprint density at radius 3 is 1.77 bits per heavy atom. The van der Waals surface area contributed by atoms with Crippen LogP contribution >= 0.6 is 0 Å². The van der Waals surface area contributed by atoms with Crippen LogP contribution in [0.25, 0.3) is 0 Å². The van der Waals surface area contributed by atoms with Crippen LogP contribution in [0.1, 0.15) is 90.0 Å². The van der Waals surface area contributed by atoms with Crippen LogP contribution < -0.4 is 4.74 Å². The van der Waals surface area contributed by atoms with Gasteiger partial charge in [-0.25, -0.2) is 0 Å². The van der Waals surface area contributed by atoms with Crippen molar-refractivity contribution in [1.82, 2.24) is 0 Å². The molecule has 1 heteroatoms. The first-order valence-electron chi connectivity index (χ1n) is 11.5. The molecule has 2 aliphatic rings. The number of hydrogen-bond donors (Lipinski definition) is 0. The van der Waals surface area contributed by atoms with E-state index in [9.17, 15) is 0 Å². The first kappa shape index (κ1) is 19.8. The summed E-state index contributed by atoms with van der Waals surface area (Å²) in [4.78, 5) is 0. The largest absolute Gasteiger partial charge is 0.494 e. The molecule has 1 nitrogen and oxygen atoms in total. The maximum Gasteiger partial charge on any atom is 0.119 e. The van der Waals surface area contributed by atoms with Gasteiger partial charge < -0.3 is 4.74 Å². The average Bonchev–Trinajstić information content (AvgIpc) is 2.69. The molecule has 0 amide bonds. The Labute approximate surface area is 161 Å². The number of aryl methyl sites for hydroxylation is 1. The predicted molar refractivity (Wildman–Crippen MR) is 112 cm³/mol. The molecule has 0 unspecified atom stereocenters. The molecule has 0 aromatic heterocycles. The molecule has 0 spiro atoms. The molecule has 0 bridgehead atoms. The molecule has 2 saturated carbocycles. The second-order valence-electron chi connectivity index (χ2n) is 8.97. The van der Waals surface area contributed by atoms with E-state index in [1.165, 1.54) is 82.6 Å². The van der Waals surface area contributed by atoms with Gasteiger partial charge in [0.1, 0.15) is 5.75 Å². The zero-order valence-electron chi connectivity index (χ0n) is 17.2. The van der Waals surface area contributed by atoms with Gasteiger partial charge in [0, 0.05) is 0 Å². The van der Waals surface area contributed by atoms with Gasteiger partial charge in [-0.3, -0.25) is 0 Å². The fourth-order valence-electron chi connectivity index (χ4n) is 5.59. The molecule has 3 rings (SSSR count). The Kier molecular flexibility index (Phi) is 7.89. The highest BCUT2D eigenvalue weighted by molar-refractivity contribution is 5.27. The van der Waals surface area contributed by atoms with Crippen molar-refractivity contribution in [2.24, 2.45) is 23.7 Å². The molecule has 1 aromatic carbocycles. The molecule has 0 heterocycles. The van der Waals surface area contributed by atoms with Crippen molar-refractivity contribution in [1.29, 1.82) is 0 Å². The van der Waals surface area contributed by atoms with Crippen LogP contribution in [0.2, 0.25) is 0 Å². The van der Waals surface area contributed by atoms with Crippen LogP contribution in [-0.2, 0) is 6.42 Å². The third kappa shape index (κ3) is 5.76. The molecule has 2 aliphatic carbocycles. The smallest absolute Gasteiger partial charge is 0.119 e. The maximum absolute atomic E-state index is 5.54. The van der Waals surface area contributed by atoms with Crippen LogP contribution in [-0.4, -0.2) is 6.61 Å². The monoisotopic (exact) mass is 356 g/mol. The van der Waals surface area contributed by atoms with Crippen LogP contribution in [0, 0.1) is 23.7 Å². The lowest BCUT2D eigenvalue weighted by Gasteiger charge is -2.38. The molecule has 1 aromatic rings. The molecular weight excluding hydrogens is 316 g/mol.